The number of nitrogens with zero attached hydrogens (tertiary/aromatic N) is 1. The van der Waals surface area contributed by atoms with Crippen LogP contribution in [0.4, 0.5) is 5.69 Å². The van der Waals surface area contributed by atoms with Gasteiger partial charge in [0, 0.05) is 17.9 Å². The Balaban J connectivity index is 2.98. The summed E-state index contributed by atoms with van der Waals surface area (Å²) in [6.45, 7) is 12.1. The Morgan fingerprint density at radius 2 is 1.72 bits per heavy atom. The lowest BCUT2D eigenvalue weighted by Gasteiger charge is -2.26. The average molecular weight is 245 g/mol. The van der Waals surface area contributed by atoms with Crippen molar-refractivity contribution in [2.24, 2.45) is 0 Å². The van der Waals surface area contributed by atoms with E-state index in [-0.39, 0.29) is 0 Å². The zero-order valence-electron chi connectivity index (χ0n) is 12.5. The Hall–Kier alpha value is -1.24. The third-order valence-electron chi connectivity index (χ3n) is 3.34. The summed E-state index contributed by atoms with van der Waals surface area (Å²) in [5, 5.41) is 0. The van der Waals surface area contributed by atoms with Crippen LogP contribution in [-0.2, 0) is 0 Å². The number of hydrogen-bond acceptors (Lipinski definition) is 1. The first-order chi connectivity index (χ1) is 8.63. The normalized spacial score (nSPS) is 12.0. The van der Waals surface area contributed by atoms with Gasteiger partial charge in [-0.3, -0.25) is 0 Å². The summed E-state index contributed by atoms with van der Waals surface area (Å²) in [5.41, 5.74) is 4.15. The van der Waals surface area contributed by atoms with Crippen LogP contribution in [-0.4, -0.2) is 6.54 Å². The standard InChI is InChI=1S/C17H27N/c1-6-9-16(7-2)18(8-3)17-12-10-15(11-13-17)14(4)5/h9-14H,6-8H2,1-5H3/b16-9+. The van der Waals surface area contributed by atoms with Gasteiger partial charge in [-0.15, -0.1) is 0 Å². The second-order valence-electron chi connectivity index (χ2n) is 4.95. The molecule has 0 bridgehead atoms. The van der Waals surface area contributed by atoms with E-state index in [0.717, 1.165) is 19.4 Å². The highest BCUT2D eigenvalue weighted by Crippen LogP contribution is 2.24. The highest BCUT2D eigenvalue weighted by Gasteiger charge is 2.08. The van der Waals surface area contributed by atoms with Crippen LogP contribution in [0.2, 0.25) is 0 Å². The smallest absolute Gasteiger partial charge is 0.0408 e. The van der Waals surface area contributed by atoms with Crippen LogP contribution in [0, 0.1) is 0 Å². The topological polar surface area (TPSA) is 3.24 Å². The van der Waals surface area contributed by atoms with Crippen molar-refractivity contribution < 1.29 is 0 Å². The summed E-state index contributed by atoms with van der Waals surface area (Å²) >= 11 is 0. The largest absolute Gasteiger partial charge is 0.346 e. The minimum atomic E-state index is 0.603. The number of allylic oxidation sites excluding steroid dienone is 2. The molecule has 1 aromatic rings. The van der Waals surface area contributed by atoms with Crippen molar-refractivity contribution in [2.45, 2.75) is 53.4 Å². The Morgan fingerprint density at radius 1 is 1.11 bits per heavy atom. The Morgan fingerprint density at radius 3 is 2.11 bits per heavy atom. The van der Waals surface area contributed by atoms with Crippen LogP contribution in [0.15, 0.2) is 36.0 Å². The number of hydrogen-bond donors (Lipinski definition) is 0. The molecule has 1 rings (SSSR count). The van der Waals surface area contributed by atoms with Crippen LogP contribution in [0.1, 0.15) is 58.9 Å². The molecule has 0 saturated carbocycles. The van der Waals surface area contributed by atoms with Crippen molar-refractivity contribution in [3.8, 4) is 0 Å². The average Bonchev–Trinajstić information content (AvgIpc) is 2.39. The van der Waals surface area contributed by atoms with Crippen molar-refractivity contribution in [2.75, 3.05) is 11.4 Å². The van der Waals surface area contributed by atoms with Gasteiger partial charge >= 0.3 is 0 Å². The molecule has 0 unspecified atom stereocenters. The van der Waals surface area contributed by atoms with Gasteiger partial charge in [0.2, 0.25) is 0 Å². The SMILES string of the molecule is CC/C=C(\CC)N(CC)c1ccc(C(C)C)cc1. The van der Waals surface area contributed by atoms with E-state index < -0.39 is 0 Å². The number of benzene rings is 1. The van der Waals surface area contributed by atoms with E-state index in [4.69, 9.17) is 0 Å². The van der Waals surface area contributed by atoms with Crippen LogP contribution < -0.4 is 4.90 Å². The maximum absolute atomic E-state index is 2.41. The fourth-order valence-electron chi connectivity index (χ4n) is 2.27. The van der Waals surface area contributed by atoms with Gasteiger partial charge in [0.1, 0.15) is 0 Å². The number of rotatable bonds is 6. The molecular weight excluding hydrogens is 218 g/mol. The third-order valence-corrected chi connectivity index (χ3v) is 3.34. The van der Waals surface area contributed by atoms with E-state index in [2.05, 4.69) is 69.9 Å². The van der Waals surface area contributed by atoms with Gasteiger partial charge in [0.25, 0.3) is 0 Å². The molecule has 0 aliphatic heterocycles. The first kappa shape index (κ1) is 14.8. The zero-order valence-corrected chi connectivity index (χ0v) is 12.5. The zero-order chi connectivity index (χ0) is 13.5. The molecule has 1 nitrogen and oxygen atoms in total. The Kier molecular flexibility index (Phi) is 5.97. The molecule has 0 N–H and O–H groups in total. The Labute approximate surface area is 113 Å². The molecule has 0 radical (unpaired) electrons. The summed E-state index contributed by atoms with van der Waals surface area (Å²) in [6, 6.07) is 9.00. The highest BCUT2D eigenvalue weighted by atomic mass is 15.1. The van der Waals surface area contributed by atoms with Crippen molar-refractivity contribution >= 4 is 5.69 Å². The lowest BCUT2D eigenvalue weighted by Crippen LogP contribution is -2.21. The summed E-state index contributed by atoms with van der Waals surface area (Å²) in [6.07, 6.45) is 4.53. The van der Waals surface area contributed by atoms with Gasteiger partial charge in [-0.2, -0.15) is 0 Å². The van der Waals surface area contributed by atoms with E-state index in [0.29, 0.717) is 5.92 Å². The molecular formula is C17H27N. The summed E-state index contributed by atoms with van der Waals surface area (Å²) in [4.78, 5) is 2.41. The first-order valence-electron chi connectivity index (χ1n) is 7.20. The molecule has 0 aromatic heterocycles. The van der Waals surface area contributed by atoms with E-state index >= 15 is 0 Å². The molecule has 0 heterocycles. The van der Waals surface area contributed by atoms with Crippen molar-refractivity contribution in [1.29, 1.82) is 0 Å². The minimum Gasteiger partial charge on any atom is -0.346 e. The molecule has 0 amide bonds. The molecule has 0 spiro atoms. The maximum Gasteiger partial charge on any atom is 0.0408 e. The molecule has 0 atom stereocenters. The van der Waals surface area contributed by atoms with E-state index in [1.54, 1.807) is 0 Å². The first-order valence-corrected chi connectivity index (χ1v) is 7.20. The van der Waals surface area contributed by atoms with Crippen LogP contribution in [0.25, 0.3) is 0 Å². The van der Waals surface area contributed by atoms with Gasteiger partial charge in [-0.25, -0.2) is 0 Å². The third kappa shape index (κ3) is 3.63. The van der Waals surface area contributed by atoms with Gasteiger partial charge in [0.15, 0.2) is 0 Å². The fourth-order valence-corrected chi connectivity index (χ4v) is 2.27. The summed E-state index contributed by atoms with van der Waals surface area (Å²) < 4.78 is 0. The van der Waals surface area contributed by atoms with Gasteiger partial charge in [-0.05, 0) is 43.4 Å². The van der Waals surface area contributed by atoms with Gasteiger partial charge in [0.05, 0.1) is 0 Å². The molecule has 0 fully saturated rings. The molecule has 0 saturated heterocycles. The van der Waals surface area contributed by atoms with E-state index in [1.165, 1.54) is 16.9 Å². The van der Waals surface area contributed by atoms with E-state index in [1.807, 2.05) is 0 Å². The van der Waals surface area contributed by atoms with Crippen molar-refractivity contribution in [3.05, 3.63) is 41.6 Å². The maximum atomic E-state index is 2.41. The quantitative estimate of drug-likeness (QED) is 0.654. The predicted octanol–water partition coefficient (Wildman–Crippen LogP) is 5.34. The molecule has 1 heteroatoms. The van der Waals surface area contributed by atoms with Crippen LogP contribution in [0.5, 0.6) is 0 Å². The molecule has 0 aliphatic rings. The molecule has 1 aromatic carbocycles. The second kappa shape index (κ2) is 7.25. The number of anilines is 1. The molecule has 100 valence electrons. The second-order valence-corrected chi connectivity index (χ2v) is 4.95. The lowest BCUT2D eigenvalue weighted by molar-refractivity contribution is 0.859. The minimum absolute atomic E-state index is 0.603. The van der Waals surface area contributed by atoms with Gasteiger partial charge < -0.3 is 4.90 Å². The fraction of sp³-hybridized carbons (Fsp3) is 0.529. The van der Waals surface area contributed by atoms with Crippen molar-refractivity contribution in [1.82, 2.24) is 0 Å². The van der Waals surface area contributed by atoms with Gasteiger partial charge in [-0.1, -0.05) is 45.9 Å². The molecule has 0 aliphatic carbocycles. The van der Waals surface area contributed by atoms with Crippen LogP contribution >= 0.6 is 0 Å². The van der Waals surface area contributed by atoms with Crippen molar-refractivity contribution in [3.63, 3.8) is 0 Å². The monoisotopic (exact) mass is 245 g/mol. The van der Waals surface area contributed by atoms with E-state index in [9.17, 15) is 0 Å². The molecule has 18 heavy (non-hydrogen) atoms. The Bertz CT molecular complexity index is 373. The van der Waals surface area contributed by atoms with Crippen LogP contribution in [0.3, 0.4) is 0 Å². The highest BCUT2D eigenvalue weighted by molar-refractivity contribution is 5.53. The predicted molar refractivity (Wildman–Crippen MR) is 82.2 cm³/mol. The summed E-state index contributed by atoms with van der Waals surface area (Å²) in [7, 11) is 0. The lowest BCUT2D eigenvalue weighted by atomic mass is 10.0. The summed E-state index contributed by atoms with van der Waals surface area (Å²) in [5.74, 6) is 0.603.